The van der Waals surface area contributed by atoms with Crippen LogP contribution >= 0.6 is 0 Å². The van der Waals surface area contributed by atoms with Gasteiger partial charge in [0, 0.05) is 25.9 Å². The molecule has 5 atom stereocenters. The lowest BCUT2D eigenvalue weighted by atomic mass is 9.83. The predicted octanol–water partition coefficient (Wildman–Crippen LogP) is 0.104. The van der Waals surface area contributed by atoms with Crippen LogP contribution in [0.3, 0.4) is 0 Å². The van der Waals surface area contributed by atoms with E-state index in [4.69, 9.17) is 30.8 Å². The molecule has 1 unspecified atom stereocenters. The Bertz CT molecular complexity index is 480. The molecule has 0 radical (unpaired) electrons. The molecule has 0 spiro atoms. The zero-order chi connectivity index (χ0) is 16.9. The van der Waals surface area contributed by atoms with Gasteiger partial charge in [-0.2, -0.15) is 0 Å². The molecule has 0 aromatic rings. The molecule has 1 fully saturated rings. The highest BCUT2D eigenvalue weighted by Crippen LogP contribution is 2.39. The minimum absolute atomic E-state index is 0.343. The largest absolute Gasteiger partial charge is 0.481 e. The second-order valence-corrected chi connectivity index (χ2v) is 4.92. The van der Waals surface area contributed by atoms with Crippen molar-refractivity contribution < 1.29 is 38.8 Å². The monoisotopic (exact) mass is 314 g/mol. The molecule has 1 saturated heterocycles. The van der Waals surface area contributed by atoms with Crippen molar-refractivity contribution in [3.8, 4) is 12.3 Å². The summed E-state index contributed by atoms with van der Waals surface area (Å²) in [5.74, 6) is -2.12. The topological polar surface area (TPSA) is 119 Å². The Morgan fingerprint density at radius 1 is 1.23 bits per heavy atom. The molecular formula is C14H18O8. The first-order valence-corrected chi connectivity index (χ1v) is 6.55. The molecule has 22 heavy (non-hydrogen) atoms. The standard InChI is InChI=1S/C14H18O8/c1-4-10(21-7(2)15)13-8(5-11(16)17)9(6-12(18)19)14(20-3)22-13/h1,8-10,13-14H,5-6H2,2-3H3,(H,16,17)(H,18,19)/t8-,9+,10+,13-,14?/m1/s1. The van der Waals surface area contributed by atoms with Gasteiger partial charge in [-0.3, -0.25) is 14.4 Å². The quantitative estimate of drug-likeness (QED) is 0.502. The summed E-state index contributed by atoms with van der Waals surface area (Å²) in [4.78, 5) is 33.1. The molecule has 0 aromatic heterocycles. The maximum Gasteiger partial charge on any atom is 0.303 e. The summed E-state index contributed by atoms with van der Waals surface area (Å²) in [5, 5.41) is 18.0. The van der Waals surface area contributed by atoms with Gasteiger partial charge >= 0.3 is 17.9 Å². The lowest BCUT2D eigenvalue weighted by Crippen LogP contribution is -2.36. The highest BCUT2D eigenvalue weighted by Gasteiger charge is 2.50. The molecule has 1 aliphatic rings. The number of hydrogen-bond donors (Lipinski definition) is 2. The Morgan fingerprint density at radius 2 is 1.77 bits per heavy atom. The van der Waals surface area contributed by atoms with E-state index < -0.39 is 48.2 Å². The zero-order valence-electron chi connectivity index (χ0n) is 12.2. The number of ether oxygens (including phenoxy) is 3. The summed E-state index contributed by atoms with van der Waals surface area (Å²) in [7, 11) is 1.32. The van der Waals surface area contributed by atoms with Crippen LogP contribution in [0.4, 0.5) is 0 Å². The molecule has 0 saturated carbocycles. The third-order valence-electron chi connectivity index (χ3n) is 3.42. The normalized spacial score (nSPS) is 28.6. The number of carbonyl (C=O) groups excluding carboxylic acids is 1. The molecule has 2 N–H and O–H groups in total. The number of terminal acetylenes is 1. The Labute approximate surface area is 127 Å². The smallest absolute Gasteiger partial charge is 0.303 e. The van der Waals surface area contributed by atoms with E-state index in [9.17, 15) is 14.4 Å². The van der Waals surface area contributed by atoms with Crippen LogP contribution in [-0.2, 0) is 28.6 Å². The number of rotatable bonds is 7. The fourth-order valence-electron chi connectivity index (χ4n) is 2.62. The van der Waals surface area contributed by atoms with E-state index >= 15 is 0 Å². The SMILES string of the molecule is C#C[C@H](OC(C)=O)[C@@H]1OC(OC)[C@@H](CC(=O)O)[C@H]1CC(=O)O. The van der Waals surface area contributed by atoms with Gasteiger partial charge in [0.25, 0.3) is 0 Å². The third-order valence-corrected chi connectivity index (χ3v) is 3.42. The third kappa shape index (κ3) is 4.44. The van der Waals surface area contributed by atoms with Gasteiger partial charge in [0.1, 0.15) is 6.10 Å². The van der Waals surface area contributed by atoms with Crippen LogP contribution in [0.15, 0.2) is 0 Å². The molecule has 122 valence electrons. The second kappa shape index (κ2) is 7.77. The molecule has 1 rings (SSSR count). The van der Waals surface area contributed by atoms with Crippen LogP contribution in [0.1, 0.15) is 19.8 Å². The number of carboxylic acid groups (broad SMARTS) is 2. The van der Waals surface area contributed by atoms with E-state index in [-0.39, 0.29) is 12.8 Å². The Kier molecular flexibility index (Phi) is 6.34. The van der Waals surface area contributed by atoms with Crippen LogP contribution in [0.2, 0.25) is 0 Å². The van der Waals surface area contributed by atoms with Gasteiger partial charge in [0.2, 0.25) is 0 Å². The van der Waals surface area contributed by atoms with Crippen LogP contribution < -0.4 is 0 Å². The molecule has 0 aliphatic carbocycles. The van der Waals surface area contributed by atoms with Gasteiger partial charge in [0.15, 0.2) is 12.4 Å². The van der Waals surface area contributed by atoms with Crippen LogP contribution in [0.25, 0.3) is 0 Å². The van der Waals surface area contributed by atoms with E-state index in [1.54, 1.807) is 0 Å². The first-order valence-electron chi connectivity index (χ1n) is 6.55. The van der Waals surface area contributed by atoms with Gasteiger partial charge < -0.3 is 24.4 Å². The summed E-state index contributed by atoms with van der Waals surface area (Å²) in [6.45, 7) is 1.16. The number of methoxy groups -OCH3 is 1. The molecule has 0 amide bonds. The molecule has 1 heterocycles. The number of carbonyl (C=O) groups is 3. The maximum atomic E-state index is 11.1. The highest BCUT2D eigenvalue weighted by molar-refractivity contribution is 5.69. The summed E-state index contributed by atoms with van der Waals surface area (Å²) >= 11 is 0. The number of hydrogen-bond acceptors (Lipinski definition) is 6. The van der Waals surface area contributed by atoms with Crippen LogP contribution in [0, 0.1) is 24.2 Å². The van der Waals surface area contributed by atoms with Gasteiger partial charge in [-0.05, 0) is 0 Å². The van der Waals surface area contributed by atoms with Crippen LogP contribution in [-0.4, -0.2) is 53.7 Å². The van der Waals surface area contributed by atoms with Crippen molar-refractivity contribution in [3.05, 3.63) is 0 Å². The van der Waals surface area contributed by atoms with Crippen LogP contribution in [0.5, 0.6) is 0 Å². The lowest BCUT2D eigenvalue weighted by Gasteiger charge is -2.24. The Hall–Kier alpha value is -2.11. The van der Waals surface area contributed by atoms with Crippen molar-refractivity contribution in [1.29, 1.82) is 0 Å². The average Bonchev–Trinajstić information content (AvgIpc) is 2.73. The first-order chi connectivity index (χ1) is 10.3. The van der Waals surface area contributed by atoms with E-state index in [1.165, 1.54) is 7.11 Å². The summed E-state index contributed by atoms with van der Waals surface area (Å²) in [6.07, 6.45) is 1.61. The summed E-state index contributed by atoms with van der Waals surface area (Å²) in [6, 6.07) is 0. The second-order valence-electron chi connectivity index (χ2n) is 4.92. The Morgan fingerprint density at radius 3 is 2.18 bits per heavy atom. The summed E-state index contributed by atoms with van der Waals surface area (Å²) in [5.41, 5.74) is 0. The van der Waals surface area contributed by atoms with Crippen molar-refractivity contribution in [3.63, 3.8) is 0 Å². The van der Waals surface area contributed by atoms with E-state index in [0.29, 0.717) is 0 Å². The zero-order valence-corrected chi connectivity index (χ0v) is 12.2. The van der Waals surface area contributed by atoms with Gasteiger partial charge in [-0.1, -0.05) is 5.92 Å². The number of aliphatic carboxylic acids is 2. The number of esters is 1. The number of carboxylic acids is 2. The lowest BCUT2D eigenvalue weighted by molar-refractivity contribution is -0.167. The van der Waals surface area contributed by atoms with Gasteiger partial charge in [-0.15, -0.1) is 6.42 Å². The molecule has 1 aliphatic heterocycles. The minimum atomic E-state index is -1.13. The maximum absolute atomic E-state index is 11.1. The van der Waals surface area contributed by atoms with Gasteiger partial charge in [-0.25, -0.2) is 0 Å². The van der Waals surface area contributed by atoms with Crippen molar-refractivity contribution in [2.75, 3.05) is 7.11 Å². The van der Waals surface area contributed by atoms with Gasteiger partial charge in [0.05, 0.1) is 12.8 Å². The van der Waals surface area contributed by atoms with Crippen molar-refractivity contribution >= 4 is 17.9 Å². The molecule has 8 nitrogen and oxygen atoms in total. The summed E-state index contributed by atoms with van der Waals surface area (Å²) < 4.78 is 15.5. The molecule has 0 aromatic carbocycles. The average molecular weight is 314 g/mol. The molecule has 0 bridgehead atoms. The van der Waals surface area contributed by atoms with E-state index in [1.807, 2.05) is 0 Å². The van der Waals surface area contributed by atoms with Crippen molar-refractivity contribution in [2.45, 2.75) is 38.3 Å². The van der Waals surface area contributed by atoms with E-state index in [2.05, 4.69) is 5.92 Å². The highest BCUT2D eigenvalue weighted by atomic mass is 16.7. The van der Waals surface area contributed by atoms with E-state index in [0.717, 1.165) is 6.92 Å². The van der Waals surface area contributed by atoms with Crippen molar-refractivity contribution in [2.24, 2.45) is 11.8 Å². The van der Waals surface area contributed by atoms with Crippen molar-refractivity contribution in [1.82, 2.24) is 0 Å². The predicted molar refractivity (Wildman–Crippen MR) is 71.5 cm³/mol. The first kappa shape index (κ1) is 17.9. The fourth-order valence-corrected chi connectivity index (χ4v) is 2.62. The fraction of sp³-hybridized carbons (Fsp3) is 0.643. The molecule has 8 heteroatoms. The minimum Gasteiger partial charge on any atom is -0.481 e. The molecular weight excluding hydrogens is 296 g/mol. The Balaban J connectivity index is 3.07.